The predicted octanol–water partition coefficient (Wildman–Crippen LogP) is 2.68. The first-order chi connectivity index (χ1) is 7.63. The molecule has 0 aromatic carbocycles. The molecule has 0 spiro atoms. The lowest BCUT2D eigenvalue weighted by Gasteiger charge is -2.39. The summed E-state index contributed by atoms with van der Waals surface area (Å²) in [4.78, 5) is 14.7. The van der Waals surface area contributed by atoms with E-state index in [-0.39, 0.29) is 0 Å². The van der Waals surface area contributed by atoms with Gasteiger partial charge in [-0.1, -0.05) is 13.8 Å². The van der Waals surface area contributed by atoms with Gasteiger partial charge in [-0.05, 0) is 49.9 Å². The highest BCUT2D eigenvalue weighted by atomic mass is 16.2. The Bertz CT molecular complexity index is 285. The molecule has 2 nitrogen and oxygen atoms in total. The van der Waals surface area contributed by atoms with Gasteiger partial charge in [-0.2, -0.15) is 0 Å². The molecule has 4 fully saturated rings. The van der Waals surface area contributed by atoms with Crippen molar-refractivity contribution < 1.29 is 4.79 Å². The van der Waals surface area contributed by atoms with E-state index >= 15 is 0 Å². The number of rotatable bonds is 2. The Morgan fingerprint density at radius 3 is 2.31 bits per heavy atom. The van der Waals surface area contributed by atoms with Crippen molar-refractivity contribution in [1.29, 1.82) is 0 Å². The Kier molecular flexibility index (Phi) is 2.49. The Labute approximate surface area is 98.4 Å². The molecule has 2 aliphatic heterocycles. The van der Waals surface area contributed by atoms with Gasteiger partial charge in [-0.3, -0.25) is 4.79 Å². The second-order valence-corrected chi connectivity index (χ2v) is 6.65. The minimum atomic E-state index is 0.384. The fourth-order valence-electron chi connectivity index (χ4n) is 4.32. The second-order valence-electron chi connectivity index (χ2n) is 6.65. The molecular formula is C14H23NO. The molecule has 4 rings (SSSR count). The van der Waals surface area contributed by atoms with Gasteiger partial charge in [-0.25, -0.2) is 0 Å². The first kappa shape index (κ1) is 10.6. The Morgan fingerprint density at radius 2 is 1.75 bits per heavy atom. The van der Waals surface area contributed by atoms with Gasteiger partial charge in [-0.15, -0.1) is 0 Å². The third-order valence-electron chi connectivity index (χ3n) is 4.75. The van der Waals surface area contributed by atoms with Crippen LogP contribution in [0.4, 0.5) is 0 Å². The quantitative estimate of drug-likeness (QED) is 0.702. The minimum absolute atomic E-state index is 0.384. The summed E-state index contributed by atoms with van der Waals surface area (Å²) >= 11 is 0. The topological polar surface area (TPSA) is 20.3 Å². The molecule has 2 saturated carbocycles. The number of fused-ring (bicyclic) bond motifs is 1. The molecule has 16 heavy (non-hydrogen) atoms. The smallest absolute Gasteiger partial charge is 0.225 e. The van der Waals surface area contributed by atoms with Crippen LogP contribution in [0.5, 0.6) is 0 Å². The summed E-state index contributed by atoms with van der Waals surface area (Å²) in [5, 5.41) is 0. The largest absolute Gasteiger partial charge is 0.339 e. The van der Waals surface area contributed by atoms with E-state index in [2.05, 4.69) is 18.7 Å². The van der Waals surface area contributed by atoms with Crippen molar-refractivity contribution in [1.82, 2.24) is 4.90 Å². The van der Waals surface area contributed by atoms with Crippen molar-refractivity contribution in [3.05, 3.63) is 0 Å². The van der Waals surface area contributed by atoms with Crippen molar-refractivity contribution in [2.75, 3.05) is 6.54 Å². The van der Waals surface area contributed by atoms with Crippen LogP contribution < -0.4 is 0 Å². The summed E-state index contributed by atoms with van der Waals surface area (Å²) in [6.45, 7) is 5.44. The van der Waals surface area contributed by atoms with E-state index < -0.39 is 0 Å². The van der Waals surface area contributed by atoms with E-state index in [0.717, 1.165) is 18.4 Å². The molecule has 1 amide bonds. The standard InChI is InChI=1S/C14H23NO/c1-9(2)8-15-13-6-10-3-11(7-13)5-12(4-10)14(15)16/h9-13H,3-8H2,1-2H3. The van der Waals surface area contributed by atoms with Crippen molar-refractivity contribution in [3.8, 4) is 0 Å². The number of carbonyl (C=O) groups excluding carboxylic acids is 1. The Balaban J connectivity index is 1.86. The lowest BCUT2D eigenvalue weighted by atomic mass is 9.68. The minimum Gasteiger partial charge on any atom is -0.339 e. The van der Waals surface area contributed by atoms with Gasteiger partial charge in [0.25, 0.3) is 0 Å². The average molecular weight is 221 g/mol. The van der Waals surface area contributed by atoms with Gasteiger partial charge in [0.1, 0.15) is 0 Å². The number of nitrogens with zero attached hydrogens (tertiary/aromatic N) is 1. The zero-order valence-electron chi connectivity index (χ0n) is 10.5. The molecule has 0 radical (unpaired) electrons. The predicted molar refractivity (Wildman–Crippen MR) is 63.9 cm³/mol. The molecule has 0 aromatic rings. The Hall–Kier alpha value is -0.530. The van der Waals surface area contributed by atoms with Crippen LogP contribution in [0.3, 0.4) is 0 Å². The van der Waals surface area contributed by atoms with Crippen LogP contribution in [0.1, 0.15) is 46.0 Å². The summed E-state index contributed by atoms with van der Waals surface area (Å²) in [5.74, 6) is 3.21. The molecule has 0 N–H and O–H groups in total. The molecule has 0 aromatic heterocycles. The molecule has 90 valence electrons. The molecule has 2 saturated heterocycles. The third kappa shape index (κ3) is 1.66. The summed E-state index contributed by atoms with van der Waals surface area (Å²) in [7, 11) is 0. The van der Waals surface area contributed by atoms with Crippen molar-refractivity contribution in [2.24, 2.45) is 23.7 Å². The van der Waals surface area contributed by atoms with Gasteiger partial charge in [0, 0.05) is 18.5 Å². The van der Waals surface area contributed by atoms with E-state index in [1.807, 2.05) is 0 Å². The van der Waals surface area contributed by atoms with Crippen molar-refractivity contribution in [2.45, 2.75) is 52.0 Å². The van der Waals surface area contributed by atoms with E-state index in [0.29, 0.717) is 23.8 Å². The van der Waals surface area contributed by atoms with E-state index in [9.17, 15) is 4.79 Å². The normalized spacial score (nSPS) is 41.9. The fourth-order valence-corrected chi connectivity index (χ4v) is 4.32. The van der Waals surface area contributed by atoms with Crippen LogP contribution in [-0.4, -0.2) is 23.4 Å². The number of hydrogen-bond acceptors (Lipinski definition) is 1. The van der Waals surface area contributed by atoms with Crippen LogP contribution in [-0.2, 0) is 4.79 Å². The highest BCUT2D eigenvalue weighted by molar-refractivity contribution is 5.80. The second kappa shape index (κ2) is 3.75. The van der Waals surface area contributed by atoms with Gasteiger partial charge < -0.3 is 4.90 Å². The number of carbonyl (C=O) groups is 1. The maximum Gasteiger partial charge on any atom is 0.225 e. The third-order valence-corrected chi connectivity index (χ3v) is 4.75. The van der Waals surface area contributed by atoms with E-state index in [1.54, 1.807) is 0 Å². The van der Waals surface area contributed by atoms with Crippen LogP contribution in [0.2, 0.25) is 0 Å². The van der Waals surface area contributed by atoms with Crippen molar-refractivity contribution in [3.63, 3.8) is 0 Å². The summed E-state index contributed by atoms with van der Waals surface area (Å²) in [6.07, 6.45) is 6.40. The SMILES string of the molecule is CC(C)CN1C(=O)C2CC3CC(C2)CC1C3. The highest BCUT2D eigenvalue weighted by Gasteiger charge is 2.46. The van der Waals surface area contributed by atoms with Crippen LogP contribution in [0.25, 0.3) is 0 Å². The fraction of sp³-hybridized carbons (Fsp3) is 0.929. The van der Waals surface area contributed by atoms with Crippen LogP contribution >= 0.6 is 0 Å². The van der Waals surface area contributed by atoms with Crippen molar-refractivity contribution >= 4 is 5.91 Å². The van der Waals surface area contributed by atoms with Crippen LogP contribution in [0.15, 0.2) is 0 Å². The van der Waals surface area contributed by atoms with E-state index in [4.69, 9.17) is 0 Å². The van der Waals surface area contributed by atoms with Gasteiger partial charge in [0.2, 0.25) is 5.91 Å². The first-order valence-electron chi connectivity index (χ1n) is 6.94. The van der Waals surface area contributed by atoms with Gasteiger partial charge in [0.15, 0.2) is 0 Å². The molecule has 2 atom stereocenters. The summed E-state index contributed by atoms with van der Waals surface area (Å²) < 4.78 is 0. The first-order valence-corrected chi connectivity index (χ1v) is 6.94. The number of amides is 1. The summed E-state index contributed by atoms with van der Waals surface area (Å²) in [5.41, 5.74) is 0. The lowest BCUT2D eigenvalue weighted by Crippen LogP contribution is -2.43. The maximum absolute atomic E-state index is 12.5. The molecule has 2 heteroatoms. The molecule has 2 heterocycles. The number of hydrogen-bond donors (Lipinski definition) is 0. The molecule has 4 bridgehead atoms. The molecule has 2 unspecified atom stereocenters. The van der Waals surface area contributed by atoms with E-state index in [1.165, 1.54) is 32.1 Å². The average Bonchev–Trinajstić information content (AvgIpc) is 2.34. The van der Waals surface area contributed by atoms with Gasteiger partial charge >= 0.3 is 0 Å². The molecule has 4 aliphatic rings. The van der Waals surface area contributed by atoms with Gasteiger partial charge in [0.05, 0.1) is 0 Å². The highest BCUT2D eigenvalue weighted by Crippen LogP contribution is 2.47. The maximum atomic E-state index is 12.5. The zero-order chi connectivity index (χ0) is 11.3. The molecular weight excluding hydrogens is 198 g/mol. The monoisotopic (exact) mass is 221 g/mol. The zero-order valence-corrected chi connectivity index (χ0v) is 10.5. The lowest BCUT2D eigenvalue weighted by molar-refractivity contribution is -0.136. The molecule has 2 aliphatic carbocycles. The summed E-state index contributed by atoms with van der Waals surface area (Å²) in [6, 6.07) is 0.589. The Morgan fingerprint density at radius 1 is 1.12 bits per heavy atom. The van der Waals surface area contributed by atoms with Crippen LogP contribution in [0, 0.1) is 23.7 Å².